The Balaban J connectivity index is 2.99. The minimum Gasteiger partial charge on any atom is -0.494 e. The molecule has 0 spiro atoms. The zero-order chi connectivity index (χ0) is 13.9. The van der Waals surface area contributed by atoms with Gasteiger partial charge in [0.25, 0.3) is 0 Å². The highest BCUT2D eigenvalue weighted by molar-refractivity contribution is 5.97. The van der Waals surface area contributed by atoms with Crippen LogP contribution in [0.25, 0.3) is 0 Å². The zero-order valence-corrected chi connectivity index (χ0v) is 10.7. The summed E-state index contributed by atoms with van der Waals surface area (Å²) < 4.78 is 31.6. The number of halogens is 2. The normalized spacial score (nSPS) is 11.2. The maximum Gasteiger partial charge on any atom is 0.244 e. The third-order valence-corrected chi connectivity index (χ3v) is 2.68. The summed E-state index contributed by atoms with van der Waals surface area (Å²) in [6, 6.07) is 1.77. The lowest BCUT2D eigenvalue weighted by Crippen LogP contribution is -2.48. The maximum atomic E-state index is 13.6. The van der Waals surface area contributed by atoms with Crippen molar-refractivity contribution in [1.29, 1.82) is 0 Å². The summed E-state index contributed by atoms with van der Waals surface area (Å²) in [6.07, 6.45) is 0. The second-order valence-corrected chi connectivity index (χ2v) is 4.30. The van der Waals surface area contributed by atoms with E-state index < -0.39 is 23.1 Å². The molecule has 0 saturated carbocycles. The Hall–Kier alpha value is -1.69. The molecule has 2 N–H and O–H groups in total. The molecule has 4 nitrogen and oxygen atoms in total. The smallest absolute Gasteiger partial charge is 0.244 e. The highest BCUT2D eigenvalue weighted by Gasteiger charge is 2.26. The number of hydrogen-bond donors (Lipinski definition) is 2. The van der Waals surface area contributed by atoms with Gasteiger partial charge in [0.05, 0.1) is 18.3 Å². The second-order valence-electron chi connectivity index (χ2n) is 4.30. The number of carbonyl (C=O) groups is 1. The molecule has 6 heteroatoms. The summed E-state index contributed by atoms with van der Waals surface area (Å²) in [7, 11) is 2.84. The molecule has 1 amide bonds. The fraction of sp³-hybridized carbons (Fsp3) is 0.417. The Labute approximate surface area is 104 Å². The molecule has 0 radical (unpaired) electrons. The topological polar surface area (TPSA) is 50.4 Å². The number of rotatable bonds is 4. The van der Waals surface area contributed by atoms with Crippen molar-refractivity contribution in [2.24, 2.45) is 0 Å². The molecule has 100 valence electrons. The first kappa shape index (κ1) is 14.4. The Morgan fingerprint density at radius 2 is 1.89 bits per heavy atom. The second kappa shape index (κ2) is 5.30. The molecule has 0 unspecified atom stereocenters. The molecule has 0 aliphatic heterocycles. The van der Waals surface area contributed by atoms with Crippen LogP contribution in [0.4, 0.5) is 14.5 Å². The minimum absolute atomic E-state index is 0.210. The van der Waals surface area contributed by atoms with Gasteiger partial charge in [0.2, 0.25) is 5.91 Å². The number of amides is 1. The Bertz CT molecular complexity index is 462. The van der Waals surface area contributed by atoms with Gasteiger partial charge in [-0.05, 0) is 20.9 Å². The Morgan fingerprint density at radius 1 is 1.28 bits per heavy atom. The van der Waals surface area contributed by atoms with Crippen LogP contribution in [0.3, 0.4) is 0 Å². The van der Waals surface area contributed by atoms with Gasteiger partial charge in [-0.3, -0.25) is 4.79 Å². The van der Waals surface area contributed by atoms with Crippen LogP contribution < -0.4 is 15.4 Å². The van der Waals surface area contributed by atoms with Gasteiger partial charge in [-0.1, -0.05) is 0 Å². The standard InChI is InChI=1S/C12H16F2N2O2/c1-12(2,15-3)11(17)16-9-5-8(14)10(18-4)6-7(9)13/h5-6,15H,1-4H3,(H,16,17). The fourth-order valence-corrected chi connectivity index (χ4v) is 1.17. The van der Waals surface area contributed by atoms with Crippen molar-refractivity contribution in [3.63, 3.8) is 0 Å². The van der Waals surface area contributed by atoms with Crippen LogP contribution in [0.1, 0.15) is 13.8 Å². The number of methoxy groups -OCH3 is 1. The van der Waals surface area contributed by atoms with Gasteiger partial charge in [-0.25, -0.2) is 8.78 Å². The van der Waals surface area contributed by atoms with Gasteiger partial charge in [-0.15, -0.1) is 0 Å². The molecule has 18 heavy (non-hydrogen) atoms. The van der Waals surface area contributed by atoms with Crippen molar-refractivity contribution >= 4 is 11.6 Å². The van der Waals surface area contributed by atoms with E-state index in [1.54, 1.807) is 20.9 Å². The first-order valence-electron chi connectivity index (χ1n) is 5.35. The van der Waals surface area contributed by atoms with Crippen LogP contribution in [0.2, 0.25) is 0 Å². The summed E-state index contributed by atoms with van der Waals surface area (Å²) in [5.41, 5.74) is -1.11. The Morgan fingerprint density at radius 3 is 2.39 bits per heavy atom. The van der Waals surface area contributed by atoms with Gasteiger partial charge in [0, 0.05) is 12.1 Å². The van der Waals surface area contributed by atoms with Gasteiger partial charge in [0.15, 0.2) is 17.4 Å². The van der Waals surface area contributed by atoms with E-state index in [1.807, 2.05) is 0 Å². The highest BCUT2D eigenvalue weighted by Crippen LogP contribution is 2.25. The predicted molar refractivity (Wildman–Crippen MR) is 64.7 cm³/mol. The van der Waals surface area contributed by atoms with Crippen molar-refractivity contribution in [2.75, 3.05) is 19.5 Å². The molecule has 0 aliphatic rings. The molecule has 1 aromatic rings. The van der Waals surface area contributed by atoms with E-state index in [9.17, 15) is 13.6 Å². The first-order valence-corrected chi connectivity index (χ1v) is 5.35. The lowest BCUT2D eigenvalue weighted by Gasteiger charge is -2.23. The average Bonchev–Trinajstić information content (AvgIpc) is 2.33. The highest BCUT2D eigenvalue weighted by atomic mass is 19.1. The van der Waals surface area contributed by atoms with Gasteiger partial charge >= 0.3 is 0 Å². The van der Waals surface area contributed by atoms with E-state index in [4.69, 9.17) is 0 Å². The van der Waals surface area contributed by atoms with Crippen molar-refractivity contribution < 1.29 is 18.3 Å². The largest absolute Gasteiger partial charge is 0.494 e. The summed E-state index contributed by atoms with van der Waals surface area (Å²) in [4.78, 5) is 11.8. The van der Waals surface area contributed by atoms with Gasteiger partial charge < -0.3 is 15.4 Å². The van der Waals surface area contributed by atoms with E-state index in [0.29, 0.717) is 0 Å². The molecule has 0 fully saturated rings. The van der Waals surface area contributed by atoms with Crippen LogP contribution in [0.5, 0.6) is 5.75 Å². The molecule has 0 atom stereocenters. The number of carbonyl (C=O) groups excluding carboxylic acids is 1. The fourth-order valence-electron chi connectivity index (χ4n) is 1.17. The molecular formula is C12H16F2N2O2. The number of hydrogen-bond acceptors (Lipinski definition) is 3. The summed E-state index contributed by atoms with van der Waals surface area (Å²) >= 11 is 0. The summed E-state index contributed by atoms with van der Waals surface area (Å²) in [5.74, 6) is -2.17. The van der Waals surface area contributed by atoms with Crippen LogP contribution in [-0.2, 0) is 4.79 Å². The van der Waals surface area contributed by atoms with Gasteiger partial charge in [-0.2, -0.15) is 0 Å². The molecule has 0 heterocycles. The van der Waals surface area contributed by atoms with E-state index >= 15 is 0 Å². The third-order valence-electron chi connectivity index (χ3n) is 2.68. The number of nitrogens with one attached hydrogen (secondary N) is 2. The number of likely N-dealkylation sites (N-methyl/N-ethyl adjacent to an activating group) is 1. The van der Waals surface area contributed by atoms with Crippen molar-refractivity contribution in [2.45, 2.75) is 19.4 Å². The summed E-state index contributed by atoms with van der Waals surface area (Å²) in [6.45, 7) is 3.25. The summed E-state index contributed by atoms with van der Waals surface area (Å²) in [5, 5.41) is 5.09. The molecular weight excluding hydrogens is 242 g/mol. The third kappa shape index (κ3) is 2.95. The molecule has 0 saturated heterocycles. The monoisotopic (exact) mass is 258 g/mol. The van der Waals surface area contributed by atoms with Crippen molar-refractivity contribution in [3.05, 3.63) is 23.8 Å². The molecule has 0 aromatic heterocycles. The lowest BCUT2D eigenvalue weighted by atomic mass is 10.1. The van der Waals surface area contributed by atoms with Crippen molar-refractivity contribution in [3.8, 4) is 5.75 Å². The maximum absolute atomic E-state index is 13.6. The van der Waals surface area contributed by atoms with Crippen LogP contribution in [0, 0.1) is 11.6 Å². The average molecular weight is 258 g/mol. The first-order chi connectivity index (χ1) is 8.31. The van der Waals surface area contributed by atoms with E-state index in [0.717, 1.165) is 12.1 Å². The number of benzene rings is 1. The van der Waals surface area contributed by atoms with E-state index in [1.165, 1.54) is 7.11 Å². The number of anilines is 1. The molecule has 0 aliphatic carbocycles. The quantitative estimate of drug-likeness (QED) is 0.867. The number of ether oxygens (including phenoxy) is 1. The van der Waals surface area contributed by atoms with Crippen LogP contribution in [-0.4, -0.2) is 25.6 Å². The van der Waals surface area contributed by atoms with E-state index in [2.05, 4.69) is 15.4 Å². The van der Waals surface area contributed by atoms with Gasteiger partial charge in [0.1, 0.15) is 0 Å². The molecule has 1 rings (SSSR count). The van der Waals surface area contributed by atoms with Crippen LogP contribution >= 0.6 is 0 Å². The van der Waals surface area contributed by atoms with Crippen LogP contribution in [0.15, 0.2) is 12.1 Å². The lowest BCUT2D eigenvalue weighted by molar-refractivity contribution is -0.121. The predicted octanol–water partition coefficient (Wildman–Crippen LogP) is 1.91. The van der Waals surface area contributed by atoms with E-state index in [-0.39, 0.29) is 11.4 Å². The minimum atomic E-state index is -0.886. The van der Waals surface area contributed by atoms with Crippen molar-refractivity contribution in [1.82, 2.24) is 5.32 Å². The molecule has 1 aromatic carbocycles. The zero-order valence-electron chi connectivity index (χ0n) is 10.7. The SMILES string of the molecule is CNC(C)(C)C(=O)Nc1cc(F)c(OC)cc1F. The molecule has 0 bridgehead atoms. The Kier molecular flexibility index (Phi) is 4.24.